The van der Waals surface area contributed by atoms with Gasteiger partial charge in [0.1, 0.15) is 5.82 Å². The third kappa shape index (κ3) is 2.85. The Kier molecular flexibility index (Phi) is 3.71. The van der Waals surface area contributed by atoms with Crippen molar-refractivity contribution < 1.29 is 13.2 Å². The standard InChI is InChI=1S/C13H12F3N3/c14-9-4-8(5-10(15)12(9)16)11(17)6-7-2-1-3-19-13(7)18/h1-5,11H,6,17H2,(H2,18,19). The molecule has 1 unspecified atom stereocenters. The maximum absolute atomic E-state index is 13.1. The zero-order valence-corrected chi connectivity index (χ0v) is 9.91. The van der Waals surface area contributed by atoms with Crippen molar-refractivity contribution in [1.82, 2.24) is 4.98 Å². The second kappa shape index (κ2) is 5.27. The van der Waals surface area contributed by atoms with Gasteiger partial charge in [0, 0.05) is 12.2 Å². The number of benzene rings is 1. The molecular weight excluding hydrogens is 255 g/mol. The lowest BCUT2D eigenvalue weighted by molar-refractivity contribution is 0.443. The molecule has 0 aliphatic carbocycles. The smallest absolute Gasteiger partial charge is 0.194 e. The second-order valence-electron chi connectivity index (χ2n) is 4.16. The summed E-state index contributed by atoms with van der Waals surface area (Å²) >= 11 is 0. The van der Waals surface area contributed by atoms with Crippen molar-refractivity contribution in [3.8, 4) is 0 Å². The van der Waals surface area contributed by atoms with Crippen molar-refractivity contribution in [3.05, 3.63) is 59.0 Å². The van der Waals surface area contributed by atoms with Gasteiger partial charge in [0.25, 0.3) is 0 Å². The summed E-state index contributed by atoms with van der Waals surface area (Å²) in [6.07, 6.45) is 1.78. The Hall–Kier alpha value is -2.08. The first-order valence-electron chi connectivity index (χ1n) is 5.58. The number of hydrogen-bond acceptors (Lipinski definition) is 3. The fourth-order valence-electron chi connectivity index (χ4n) is 1.77. The molecule has 0 aliphatic heterocycles. The monoisotopic (exact) mass is 267 g/mol. The van der Waals surface area contributed by atoms with Gasteiger partial charge in [-0.1, -0.05) is 6.07 Å². The van der Waals surface area contributed by atoms with Crippen molar-refractivity contribution in [2.24, 2.45) is 5.73 Å². The van der Waals surface area contributed by atoms with Crippen molar-refractivity contribution in [2.45, 2.75) is 12.5 Å². The molecule has 0 saturated carbocycles. The maximum Gasteiger partial charge on any atom is 0.194 e. The summed E-state index contributed by atoms with van der Waals surface area (Å²) in [6.45, 7) is 0. The number of hydrogen-bond donors (Lipinski definition) is 2. The number of aromatic nitrogens is 1. The minimum absolute atomic E-state index is 0.166. The maximum atomic E-state index is 13.1. The lowest BCUT2D eigenvalue weighted by Gasteiger charge is -2.13. The number of pyridine rings is 1. The molecule has 2 aromatic rings. The van der Waals surface area contributed by atoms with Gasteiger partial charge in [-0.25, -0.2) is 18.2 Å². The van der Waals surface area contributed by atoms with Crippen LogP contribution in [0.2, 0.25) is 0 Å². The van der Waals surface area contributed by atoms with Crippen molar-refractivity contribution in [2.75, 3.05) is 5.73 Å². The minimum Gasteiger partial charge on any atom is -0.383 e. The van der Waals surface area contributed by atoms with E-state index in [0.29, 0.717) is 11.4 Å². The molecule has 3 nitrogen and oxygen atoms in total. The molecule has 1 aromatic carbocycles. The first kappa shape index (κ1) is 13.4. The molecule has 1 heterocycles. The predicted octanol–water partition coefficient (Wildman–Crippen LogP) is 2.32. The molecule has 0 radical (unpaired) electrons. The Morgan fingerprint density at radius 2 is 1.79 bits per heavy atom. The zero-order valence-electron chi connectivity index (χ0n) is 9.91. The van der Waals surface area contributed by atoms with Crippen molar-refractivity contribution in [1.29, 1.82) is 0 Å². The summed E-state index contributed by atoms with van der Waals surface area (Å²) < 4.78 is 39.1. The highest BCUT2D eigenvalue weighted by molar-refractivity contribution is 5.39. The van der Waals surface area contributed by atoms with E-state index >= 15 is 0 Å². The predicted molar refractivity (Wildman–Crippen MR) is 65.6 cm³/mol. The normalized spacial score (nSPS) is 12.4. The van der Waals surface area contributed by atoms with Crippen LogP contribution in [0.4, 0.5) is 19.0 Å². The summed E-state index contributed by atoms with van der Waals surface area (Å²) in [5.41, 5.74) is 12.3. The quantitative estimate of drug-likeness (QED) is 0.839. The Bertz CT molecular complexity index is 578. The van der Waals surface area contributed by atoms with E-state index in [1.54, 1.807) is 12.1 Å². The van der Waals surface area contributed by atoms with E-state index in [4.69, 9.17) is 11.5 Å². The Morgan fingerprint density at radius 3 is 2.37 bits per heavy atom. The van der Waals surface area contributed by atoms with Crippen LogP contribution in [0.3, 0.4) is 0 Å². The van der Waals surface area contributed by atoms with Crippen LogP contribution in [0.25, 0.3) is 0 Å². The number of rotatable bonds is 3. The molecule has 0 bridgehead atoms. The van der Waals surface area contributed by atoms with Crippen LogP contribution in [0.5, 0.6) is 0 Å². The van der Waals surface area contributed by atoms with Gasteiger partial charge in [-0.15, -0.1) is 0 Å². The van der Waals surface area contributed by atoms with Crippen LogP contribution in [0, 0.1) is 17.5 Å². The van der Waals surface area contributed by atoms with Gasteiger partial charge in [-0.05, 0) is 35.7 Å². The molecule has 0 spiro atoms. The van der Waals surface area contributed by atoms with Gasteiger partial charge in [-0.2, -0.15) is 0 Å². The zero-order chi connectivity index (χ0) is 14.0. The van der Waals surface area contributed by atoms with E-state index in [9.17, 15) is 13.2 Å². The molecular formula is C13H12F3N3. The average molecular weight is 267 g/mol. The highest BCUT2D eigenvalue weighted by atomic mass is 19.2. The Balaban J connectivity index is 2.26. The summed E-state index contributed by atoms with van der Waals surface area (Å²) in [5.74, 6) is -3.72. The van der Waals surface area contributed by atoms with E-state index in [1.165, 1.54) is 6.20 Å². The summed E-state index contributed by atoms with van der Waals surface area (Å²) in [6, 6.07) is 4.48. The molecule has 0 fully saturated rings. The molecule has 1 aromatic heterocycles. The van der Waals surface area contributed by atoms with E-state index in [2.05, 4.69) is 4.98 Å². The Morgan fingerprint density at radius 1 is 1.16 bits per heavy atom. The van der Waals surface area contributed by atoms with E-state index in [1.807, 2.05) is 0 Å². The highest BCUT2D eigenvalue weighted by Gasteiger charge is 2.16. The molecule has 6 heteroatoms. The minimum atomic E-state index is -1.50. The van der Waals surface area contributed by atoms with Gasteiger partial charge in [0.2, 0.25) is 0 Å². The average Bonchev–Trinajstić information content (AvgIpc) is 2.38. The summed E-state index contributed by atoms with van der Waals surface area (Å²) in [7, 11) is 0. The third-order valence-corrected chi connectivity index (χ3v) is 2.80. The van der Waals surface area contributed by atoms with Crippen molar-refractivity contribution in [3.63, 3.8) is 0 Å². The van der Waals surface area contributed by atoms with Crippen molar-refractivity contribution >= 4 is 5.82 Å². The Labute approximate surface area is 108 Å². The summed E-state index contributed by atoms with van der Waals surface area (Å²) in [5, 5.41) is 0. The topological polar surface area (TPSA) is 64.9 Å². The number of nitrogens with two attached hydrogens (primary N) is 2. The van der Waals surface area contributed by atoms with E-state index < -0.39 is 23.5 Å². The van der Waals surface area contributed by atoms with Crippen LogP contribution in [-0.2, 0) is 6.42 Å². The van der Waals surface area contributed by atoms with Crippen LogP contribution >= 0.6 is 0 Å². The third-order valence-electron chi connectivity index (χ3n) is 2.80. The van der Waals surface area contributed by atoms with Gasteiger partial charge >= 0.3 is 0 Å². The first-order valence-corrected chi connectivity index (χ1v) is 5.58. The molecule has 1 atom stereocenters. The fourth-order valence-corrected chi connectivity index (χ4v) is 1.77. The fraction of sp³-hybridized carbons (Fsp3) is 0.154. The molecule has 19 heavy (non-hydrogen) atoms. The van der Waals surface area contributed by atoms with E-state index in [-0.39, 0.29) is 12.0 Å². The van der Waals surface area contributed by atoms with E-state index in [0.717, 1.165) is 12.1 Å². The molecule has 0 saturated heterocycles. The number of anilines is 1. The molecule has 0 amide bonds. The number of nitrogen functional groups attached to an aromatic ring is 1. The largest absolute Gasteiger partial charge is 0.383 e. The van der Waals surface area contributed by atoms with Crippen LogP contribution < -0.4 is 11.5 Å². The van der Waals surface area contributed by atoms with Gasteiger partial charge < -0.3 is 11.5 Å². The van der Waals surface area contributed by atoms with Crippen LogP contribution in [-0.4, -0.2) is 4.98 Å². The lowest BCUT2D eigenvalue weighted by Crippen LogP contribution is -2.15. The first-order chi connectivity index (χ1) is 8.99. The second-order valence-corrected chi connectivity index (χ2v) is 4.16. The highest BCUT2D eigenvalue weighted by Crippen LogP contribution is 2.22. The van der Waals surface area contributed by atoms with Crippen LogP contribution in [0.1, 0.15) is 17.2 Å². The molecule has 2 rings (SSSR count). The number of nitrogens with zero attached hydrogens (tertiary/aromatic N) is 1. The SMILES string of the molecule is Nc1ncccc1CC(N)c1cc(F)c(F)c(F)c1. The van der Waals surface area contributed by atoms with Gasteiger partial charge in [0.15, 0.2) is 17.5 Å². The lowest BCUT2D eigenvalue weighted by atomic mass is 10.00. The molecule has 0 aliphatic rings. The molecule has 4 N–H and O–H groups in total. The van der Waals surface area contributed by atoms with Gasteiger partial charge in [0.05, 0.1) is 0 Å². The molecule has 100 valence electrons. The number of halogens is 3. The van der Waals surface area contributed by atoms with Crippen LogP contribution in [0.15, 0.2) is 30.5 Å². The van der Waals surface area contributed by atoms with Gasteiger partial charge in [-0.3, -0.25) is 0 Å². The summed E-state index contributed by atoms with van der Waals surface area (Å²) in [4.78, 5) is 3.89.